The van der Waals surface area contributed by atoms with Crippen LogP contribution in [0.15, 0.2) is 55.0 Å². The number of aliphatic hydroxyl groups is 1. The molecular formula is C25H26ClN7O3. The van der Waals surface area contributed by atoms with Crippen LogP contribution in [0.3, 0.4) is 0 Å². The summed E-state index contributed by atoms with van der Waals surface area (Å²) in [5.41, 5.74) is 3.96. The third-order valence-electron chi connectivity index (χ3n) is 6.17. The van der Waals surface area contributed by atoms with Crippen LogP contribution < -0.4 is 15.0 Å². The van der Waals surface area contributed by atoms with Gasteiger partial charge in [-0.25, -0.2) is 14.5 Å². The van der Waals surface area contributed by atoms with Crippen molar-refractivity contribution in [2.45, 2.75) is 13.0 Å². The summed E-state index contributed by atoms with van der Waals surface area (Å²) < 4.78 is 7.41. The van der Waals surface area contributed by atoms with Crippen molar-refractivity contribution in [1.82, 2.24) is 24.5 Å². The Hall–Kier alpha value is -3.89. The summed E-state index contributed by atoms with van der Waals surface area (Å²) >= 11 is 6.44. The molecule has 0 bridgehead atoms. The fourth-order valence-corrected chi connectivity index (χ4v) is 4.48. The molecule has 1 aliphatic heterocycles. The van der Waals surface area contributed by atoms with Gasteiger partial charge in [-0.05, 0) is 31.2 Å². The van der Waals surface area contributed by atoms with Gasteiger partial charge in [-0.2, -0.15) is 5.10 Å². The molecule has 186 valence electrons. The monoisotopic (exact) mass is 507 g/mol. The quantitative estimate of drug-likeness (QED) is 0.409. The highest BCUT2D eigenvalue weighted by Crippen LogP contribution is 2.34. The highest BCUT2D eigenvalue weighted by atomic mass is 35.5. The number of aromatic nitrogens is 4. The van der Waals surface area contributed by atoms with E-state index in [4.69, 9.17) is 16.3 Å². The van der Waals surface area contributed by atoms with E-state index in [1.54, 1.807) is 28.9 Å². The number of carbonyl (C=O) groups is 1. The summed E-state index contributed by atoms with van der Waals surface area (Å²) in [5.74, 6) is 0.769. The van der Waals surface area contributed by atoms with Gasteiger partial charge in [0, 0.05) is 49.7 Å². The molecule has 1 aliphatic rings. The molecule has 4 aromatic rings. The predicted molar refractivity (Wildman–Crippen MR) is 138 cm³/mol. The van der Waals surface area contributed by atoms with E-state index in [1.165, 1.54) is 6.92 Å². The number of nitrogens with zero attached hydrogens (tertiary/aromatic N) is 6. The molecule has 5 rings (SSSR count). The van der Waals surface area contributed by atoms with Gasteiger partial charge in [-0.3, -0.25) is 4.79 Å². The Morgan fingerprint density at radius 3 is 2.72 bits per heavy atom. The summed E-state index contributed by atoms with van der Waals surface area (Å²) in [5, 5.41) is 17.6. The maximum Gasteiger partial charge on any atom is 0.251 e. The minimum atomic E-state index is -0.981. The van der Waals surface area contributed by atoms with Crippen LogP contribution in [0.25, 0.3) is 16.8 Å². The lowest BCUT2D eigenvalue weighted by Crippen LogP contribution is -2.51. The van der Waals surface area contributed by atoms with Crippen LogP contribution in [0.4, 0.5) is 17.3 Å². The van der Waals surface area contributed by atoms with Crippen LogP contribution in [0, 0.1) is 0 Å². The van der Waals surface area contributed by atoms with E-state index in [9.17, 15) is 9.90 Å². The van der Waals surface area contributed by atoms with Crippen molar-refractivity contribution in [3.8, 4) is 17.0 Å². The minimum absolute atomic E-state index is 0.238. The lowest BCUT2D eigenvalue weighted by atomic mass is 10.2. The number of fused-ring (bicyclic) bond motifs is 1. The molecule has 1 saturated heterocycles. The van der Waals surface area contributed by atoms with E-state index >= 15 is 0 Å². The summed E-state index contributed by atoms with van der Waals surface area (Å²) in [6, 6.07) is 11.6. The molecule has 1 atom stereocenters. The van der Waals surface area contributed by atoms with Crippen LogP contribution in [0.1, 0.15) is 6.92 Å². The van der Waals surface area contributed by atoms with Gasteiger partial charge in [-0.1, -0.05) is 17.7 Å². The zero-order chi connectivity index (χ0) is 25.2. The number of halogens is 1. The third-order valence-corrected chi connectivity index (χ3v) is 6.45. The van der Waals surface area contributed by atoms with E-state index in [-0.39, 0.29) is 5.91 Å². The number of aliphatic hydroxyl groups excluding tert-OH is 1. The van der Waals surface area contributed by atoms with Gasteiger partial charge in [-0.15, -0.1) is 0 Å². The number of amides is 1. The molecule has 0 spiro atoms. The lowest BCUT2D eigenvalue weighted by molar-refractivity contribution is -0.139. The van der Waals surface area contributed by atoms with Gasteiger partial charge in [0.2, 0.25) is 5.95 Å². The number of nitrogens with one attached hydrogen (secondary N) is 1. The number of anilines is 3. The van der Waals surface area contributed by atoms with E-state index in [0.717, 1.165) is 16.8 Å². The number of benzene rings is 1. The molecular weight excluding hydrogens is 482 g/mol. The molecule has 1 fully saturated rings. The molecule has 1 amide bonds. The summed E-state index contributed by atoms with van der Waals surface area (Å²) in [7, 11) is 1.61. The van der Waals surface area contributed by atoms with Crippen LogP contribution >= 0.6 is 11.6 Å². The fourth-order valence-electron chi connectivity index (χ4n) is 4.28. The van der Waals surface area contributed by atoms with Gasteiger partial charge in [0.05, 0.1) is 41.4 Å². The average Bonchev–Trinajstić information content (AvgIpc) is 3.33. The van der Waals surface area contributed by atoms with Crippen molar-refractivity contribution < 1.29 is 14.6 Å². The maximum atomic E-state index is 12.0. The Morgan fingerprint density at radius 1 is 1.17 bits per heavy atom. The second-order valence-corrected chi connectivity index (χ2v) is 8.88. The number of rotatable bonds is 6. The molecule has 11 heteroatoms. The van der Waals surface area contributed by atoms with Gasteiger partial charge >= 0.3 is 0 Å². The number of piperazine rings is 1. The van der Waals surface area contributed by atoms with Crippen molar-refractivity contribution in [3.63, 3.8) is 0 Å². The fraction of sp³-hybridized carbons (Fsp3) is 0.280. The molecule has 2 N–H and O–H groups in total. The molecule has 36 heavy (non-hydrogen) atoms. The second-order valence-electron chi connectivity index (χ2n) is 8.48. The standard InChI is InChI=1S/C25H26ClN7O3/c1-16(34)24(35)32-11-9-31(10-12-32)17-6-7-20(22(13-17)36-2)29-25-27-15-19(26)23(30-25)18-14-28-33-8-4-3-5-21(18)33/h3-8,13-16,34H,9-12H2,1-2H3,(H,27,29,30)/t16-/m1/s1. The van der Waals surface area contributed by atoms with Gasteiger partial charge in [0.25, 0.3) is 5.91 Å². The molecule has 0 saturated carbocycles. The van der Waals surface area contributed by atoms with Crippen molar-refractivity contribution in [1.29, 1.82) is 0 Å². The first kappa shape index (κ1) is 23.8. The highest BCUT2D eigenvalue weighted by molar-refractivity contribution is 6.33. The number of ether oxygens (including phenoxy) is 1. The molecule has 0 unspecified atom stereocenters. The number of methoxy groups -OCH3 is 1. The van der Waals surface area contributed by atoms with E-state index < -0.39 is 6.10 Å². The topological polar surface area (TPSA) is 108 Å². The summed E-state index contributed by atoms with van der Waals surface area (Å²) in [6.07, 6.45) is 4.18. The zero-order valence-corrected chi connectivity index (χ0v) is 20.7. The SMILES string of the molecule is COc1cc(N2CCN(C(=O)[C@@H](C)O)CC2)ccc1Nc1ncc(Cl)c(-c2cnn3ccccc23)n1. The smallest absolute Gasteiger partial charge is 0.251 e. The molecule has 10 nitrogen and oxygen atoms in total. The van der Waals surface area contributed by atoms with E-state index in [1.807, 2.05) is 42.6 Å². The van der Waals surface area contributed by atoms with Crippen LogP contribution in [0.5, 0.6) is 5.75 Å². The van der Waals surface area contributed by atoms with Gasteiger partial charge in [0.15, 0.2) is 0 Å². The largest absolute Gasteiger partial charge is 0.494 e. The van der Waals surface area contributed by atoms with Crippen LogP contribution in [-0.2, 0) is 4.79 Å². The van der Waals surface area contributed by atoms with Crippen molar-refractivity contribution in [3.05, 3.63) is 60.0 Å². The van der Waals surface area contributed by atoms with Crippen molar-refractivity contribution in [2.24, 2.45) is 0 Å². The first-order valence-corrected chi connectivity index (χ1v) is 11.9. The lowest BCUT2D eigenvalue weighted by Gasteiger charge is -2.36. The maximum absolute atomic E-state index is 12.0. The average molecular weight is 508 g/mol. The highest BCUT2D eigenvalue weighted by Gasteiger charge is 2.24. The van der Waals surface area contributed by atoms with E-state index in [2.05, 4.69) is 25.3 Å². The third kappa shape index (κ3) is 4.65. The van der Waals surface area contributed by atoms with Crippen LogP contribution in [-0.4, -0.2) is 74.9 Å². The normalized spacial score (nSPS) is 14.7. The molecule has 0 aliphatic carbocycles. The first-order valence-electron chi connectivity index (χ1n) is 11.6. The number of hydrogen-bond donors (Lipinski definition) is 2. The number of pyridine rings is 1. The molecule has 0 radical (unpaired) electrons. The minimum Gasteiger partial charge on any atom is -0.494 e. The number of hydrogen-bond acceptors (Lipinski definition) is 8. The Kier molecular flexibility index (Phi) is 6.62. The Labute approximate surface area is 213 Å². The molecule has 4 heterocycles. The Balaban J connectivity index is 1.35. The number of carbonyl (C=O) groups excluding carboxylic acids is 1. The van der Waals surface area contributed by atoms with Gasteiger partial charge in [0.1, 0.15) is 11.9 Å². The van der Waals surface area contributed by atoms with E-state index in [0.29, 0.717) is 54.3 Å². The summed E-state index contributed by atoms with van der Waals surface area (Å²) in [4.78, 5) is 24.9. The second kappa shape index (κ2) is 10.00. The molecule has 1 aromatic carbocycles. The van der Waals surface area contributed by atoms with Crippen molar-refractivity contribution in [2.75, 3.05) is 43.5 Å². The predicted octanol–water partition coefficient (Wildman–Crippen LogP) is 3.23. The van der Waals surface area contributed by atoms with Gasteiger partial charge < -0.3 is 25.0 Å². The van der Waals surface area contributed by atoms with Crippen LogP contribution in [0.2, 0.25) is 5.02 Å². The van der Waals surface area contributed by atoms with Crippen molar-refractivity contribution >= 4 is 40.3 Å². The Morgan fingerprint density at radius 2 is 1.97 bits per heavy atom. The molecule has 3 aromatic heterocycles. The first-order chi connectivity index (χ1) is 17.4. The Bertz CT molecular complexity index is 1400. The summed E-state index contributed by atoms with van der Waals surface area (Å²) in [6.45, 7) is 3.93. The zero-order valence-electron chi connectivity index (χ0n) is 19.9.